The Morgan fingerprint density at radius 1 is 1.75 bits per heavy atom. The van der Waals surface area contributed by atoms with E-state index in [1.165, 1.54) is 5.54 Å². The van der Waals surface area contributed by atoms with Crippen LogP contribution in [0.3, 0.4) is 0 Å². The summed E-state index contributed by atoms with van der Waals surface area (Å²) in [6.45, 7) is 0. The molecule has 1 N–H and O–H groups in total. The van der Waals surface area contributed by atoms with E-state index >= 15 is 0 Å². The fourth-order valence-corrected chi connectivity index (χ4v) is 0.548. The van der Waals surface area contributed by atoms with Crippen LogP contribution in [-0.2, 0) is 0 Å². The molecule has 3 heteroatoms. The molecule has 0 saturated carbocycles. The lowest BCUT2D eigenvalue weighted by molar-refractivity contribution is 1.27. The number of halogens is 1. The maximum Gasteiger partial charge on any atom is 0.130 e. The molecule has 2 nitrogen and oxygen atoms in total. The largest absolute Gasteiger partial charge is 0.345 e. The number of aromatic nitrogens is 2. The molecule has 0 aromatic carbocycles. The number of nitrogens with one attached hydrogen (secondary N) is 1. The first-order valence-electron chi connectivity index (χ1n) is 2.19. The van der Waals surface area contributed by atoms with Gasteiger partial charge in [-0.25, -0.2) is 4.98 Å². The number of hydrogen-bond acceptors (Lipinski definition) is 1. The number of H-pyrrole nitrogens is 1. The Bertz CT molecular complexity index is 167. The van der Waals surface area contributed by atoms with Crippen molar-refractivity contribution in [3.63, 3.8) is 0 Å². The quantitative estimate of drug-likeness (QED) is 0.612. The highest BCUT2D eigenvalue weighted by Crippen LogP contribution is 1.91. The van der Waals surface area contributed by atoms with E-state index in [4.69, 9.17) is 11.6 Å². The first-order valence-corrected chi connectivity index (χ1v) is 2.63. The van der Waals surface area contributed by atoms with Crippen molar-refractivity contribution in [1.82, 2.24) is 9.97 Å². The van der Waals surface area contributed by atoms with Crippen LogP contribution in [0.25, 0.3) is 6.08 Å². The molecule has 0 fully saturated rings. The van der Waals surface area contributed by atoms with E-state index < -0.39 is 0 Å². The van der Waals surface area contributed by atoms with Crippen molar-refractivity contribution in [1.29, 1.82) is 0 Å². The summed E-state index contributed by atoms with van der Waals surface area (Å²) in [5.41, 5.74) is 1.42. The van der Waals surface area contributed by atoms with Gasteiger partial charge in [0, 0.05) is 17.9 Å². The zero-order valence-electron chi connectivity index (χ0n) is 4.13. The fourth-order valence-electron chi connectivity index (χ4n) is 0.428. The lowest BCUT2D eigenvalue weighted by atomic mass is 10.6. The number of aromatic amines is 1. The van der Waals surface area contributed by atoms with Gasteiger partial charge < -0.3 is 4.98 Å². The molecule has 1 heterocycles. The molecule has 0 aliphatic heterocycles. The van der Waals surface area contributed by atoms with Crippen LogP contribution in [0.1, 0.15) is 5.82 Å². The third-order valence-corrected chi connectivity index (χ3v) is 0.866. The third-order valence-electron chi connectivity index (χ3n) is 0.740. The molecule has 8 heavy (non-hydrogen) atoms. The highest BCUT2D eigenvalue weighted by molar-refractivity contribution is 6.27. The predicted molar refractivity (Wildman–Crippen MR) is 33.5 cm³/mol. The van der Waals surface area contributed by atoms with Gasteiger partial charge in [0.1, 0.15) is 5.82 Å². The maximum absolute atomic E-state index is 5.25. The van der Waals surface area contributed by atoms with Gasteiger partial charge in [-0.15, -0.1) is 0 Å². The number of hydrogen-bond donors (Lipinski definition) is 1. The third kappa shape index (κ3) is 1.10. The minimum atomic E-state index is 0.778. The van der Waals surface area contributed by atoms with E-state index in [0.29, 0.717) is 0 Å². The van der Waals surface area contributed by atoms with Gasteiger partial charge in [0.15, 0.2) is 0 Å². The molecular weight excluding hydrogens is 124 g/mol. The Balaban J connectivity index is 2.77. The Labute approximate surface area is 52.2 Å². The number of nitrogens with zero attached hydrogens (tertiary/aromatic N) is 1. The van der Waals surface area contributed by atoms with E-state index in [1.807, 2.05) is 0 Å². The zero-order chi connectivity index (χ0) is 5.82. The smallest absolute Gasteiger partial charge is 0.130 e. The normalized spacial score (nSPS) is 10.6. The van der Waals surface area contributed by atoms with E-state index in [-0.39, 0.29) is 0 Å². The van der Waals surface area contributed by atoms with Crippen LogP contribution in [0.4, 0.5) is 0 Å². The van der Waals surface area contributed by atoms with Crippen LogP contribution < -0.4 is 0 Å². The fraction of sp³-hybridized carbons (Fsp3) is 0. The van der Waals surface area contributed by atoms with Crippen LogP contribution in [0.5, 0.6) is 0 Å². The highest BCUT2D eigenvalue weighted by Gasteiger charge is 1.80. The van der Waals surface area contributed by atoms with E-state index in [0.717, 1.165) is 5.82 Å². The Morgan fingerprint density at radius 3 is 3.12 bits per heavy atom. The van der Waals surface area contributed by atoms with Crippen LogP contribution >= 0.6 is 11.6 Å². The van der Waals surface area contributed by atoms with Gasteiger partial charge in [0.2, 0.25) is 0 Å². The van der Waals surface area contributed by atoms with Crippen molar-refractivity contribution in [2.45, 2.75) is 0 Å². The van der Waals surface area contributed by atoms with Crippen LogP contribution in [-0.4, -0.2) is 9.97 Å². The molecular formula is C5H5ClN2. The first-order chi connectivity index (χ1) is 3.93. The molecule has 42 valence electrons. The van der Waals surface area contributed by atoms with Gasteiger partial charge in [-0.05, 0) is 6.08 Å². The molecule has 0 atom stereocenters. The van der Waals surface area contributed by atoms with E-state index in [1.54, 1.807) is 18.5 Å². The van der Waals surface area contributed by atoms with Crippen molar-refractivity contribution in [2.75, 3.05) is 0 Å². The van der Waals surface area contributed by atoms with Crippen molar-refractivity contribution >= 4 is 17.7 Å². The van der Waals surface area contributed by atoms with Crippen molar-refractivity contribution in [2.24, 2.45) is 0 Å². The van der Waals surface area contributed by atoms with Crippen LogP contribution in [0, 0.1) is 0 Å². The van der Waals surface area contributed by atoms with Gasteiger partial charge in [0.05, 0.1) is 0 Å². The average molecular weight is 129 g/mol. The second-order valence-corrected chi connectivity index (χ2v) is 1.52. The van der Waals surface area contributed by atoms with Crippen LogP contribution in [0.15, 0.2) is 17.9 Å². The minimum Gasteiger partial charge on any atom is -0.345 e. The molecule has 0 saturated heterocycles. The Hall–Kier alpha value is -0.760. The lowest BCUT2D eigenvalue weighted by Gasteiger charge is -1.75. The molecule has 0 unspecified atom stereocenters. The van der Waals surface area contributed by atoms with E-state index in [2.05, 4.69) is 9.97 Å². The Kier molecular flexibility index (Phi) is 1.70. The summed E-state index contributed by atoms with van der Waals surface area (Å²) < 4.78 is 0. The zero-order valence-corrected chi connectivity index (χ0v) is 4.89. The molecule has 0 radical (unpaired) electrons. The summed E-state index contributed by atoms with van der Waals surface area (Å²) in [7, 11) is 0. The predicted octanol–water partition coefficient (Wildman–Crippen LogP) is 1.62. The SMILES string of the molecule is ClC=Cc1ncc[nH]1. The summed E-state index contributed by atoms with van der Waals surface area (Å²) in [4.78, 5) is 6.73. The topological polar surface area (TPSA) is 28.7 Å². The van der Waals surface area contributed by atoms with Gasteiger partial charge in [-0.2, -0.15) is 0 Å². The number of rotatable bonds is 1. The second kappa shape index (κ2) is 2.52. The minimum absolute atomic E-state index is 0.778. The average Bonchev–Trinajstić information content (AvgIpc) is 2.19. The molecule has 0 amide bonds. The second-order valence-electron chi connectivity index (χ2n) is 1.27. The summed E-state index contributed by atoms with van der Waals surface area (Å²) in [6.07, 6.45) is 5.10. The molecule has 1 rings (SSSR count). The van der Waals surface area contributed by atoms with Gasteiger partial charge in [0.25, 0.3) is 0 Å². The summed E-state index contributed by atoms with van der Waals surface area (Å²) >= 11 is 5.25. The van der Waals surface area contributed by atoms with Gasteiger partial charge >= 0.3 is 0 Å². The van der Waals surface area contributed by atoms with E-state index in [9.17, 15) is 0 Å². The first kappa shape index (κ1) is 5.38. The molecule has 1 aromatic rings. The standard InChI is InChI=1S/C5H5ClN2/c6-2-1-5-7-3-4-8-5/h1-4H,(H,7,8). The molecule has 0 aliphatic rings. The van der Waals surface area contributed by atoms with Crippen molar-refractivity contribution in [3.8, 4) is 0 Å². The van der Waals surface area contributed by atoms with Gasteiger partial charge in [-0.1, -0.05) is 11.6 Å². The summed E-state index contributed by atoms with van der Waals surface area (Å²) in [6, 6.07) is 0. The van der Waals surface area contributed by atoms with Crippen molar-refractivity contribution < 1.29 is 0 Å². The molecule has 1 aromatic heterocycles. The monoisotopic (exact) mass is 128 g/mol. The molecule has 0 aliphatic carbocycles. The lowest BCUT2D eigenvalue weighted by Crippen LogP contribution is -1.69. The van der Waals surface area contributed by atoms with Crippen molar-refractivity contribution in [3.05, 3.63) is 23.8 Å². The highest BCUT2D eigenvalue weighted by atomic mass is 35.5. The van der Waals surface area contributed by atoms with Crippen LogP contribution in [0.2, 0.25) is 0 Å². The Morgan fingerprint density at radius 2 is 2.62 bits per heavy atom. The summed E-state index contributed by atoms with van der Waals surface area (Å²) in [5, 5.41) is 0. The van der Waals surface area contributed by atoms with Gasteiger partial charge in [-0.3, -0.25) is 0 Å². The summed E-state index contributed by atoms with van der Waals surface area (Å²) in [5.74, 6) is 0.778. The number of imidazole rings is 1. The molecule has 0 bridgehead atoms. The maximum atomic E-state index is 5.25. The molecule has 0 spiro atoms.